The molecule has 60 valence electrons. The van der Waals surface area contributed by atoms with Crippen LogP contribution in [0.15, 0.2) is 30.3 Å². The second kappa shape index (κ2) is 5.40. The van der Waals surface area contributed by atoms with Crippen LogP contribution in [0.25, 0.3) is 0 Å². The molecule has 1 aromatic carbocycles. The van der Waals surface area contributed by atoms with Crippen molar-refractivity contribution >= 4 is 31.6 Å². The Bertz CT molecular complexity index is 314. The summed E-state index contributed by atoms with van der Waals surface area (Å²) in [5, 5.41) is 0. The van der Waals surface area contributed by atoms with Gasteiger partial charge in [-0.05, 0) is 11.3 Å². The van der Waals surface area contributed by atoms with Crippen molar-refractivity contribution in [1.82, 2.24) is 0 Å². The van der Waals surface area contributed by atoms with Crippen LogP contribution in [0, 0.1) is 0 Å². The van der Waals surface area contributed by atoms with Gasteiger partial charge < -0.3 is 14.1 Å². The summed E-state index contributed by atoms with van der Waals surface area (Å²) in [6.45, 7) is 0. The molecule has 12 heavy (non-hydrogen) atoms. The van der Waals surface area contributed by atoms with E-state index in [1.807, 2.05) is 30.3 Å². The summed E-state index contributed by atoms with van der Waals surface area (Å²) >= 11 is 4.22. The third kappa shape index (κ3) is 5.33. The van der Waals surface area contributed by atoms with Crippen LogP contribution >= 0.6 is 19.9 Å². The zero-order valence-corrected chi connectivity index (χ0v) is 10.9. The van der Waals surface area contributed by atoms with Gasteiger partial charge in [-0.1, -0.05) is 30.3 Å². The molecule has 1 atom stereocenters. The minimum atomic E-state index is -1.43. The number of thiol groups is 1. The molecule has 0 bridgehead atoms. The maximum atomic E-state index is 5.70. The summed E-state index contributed by atoms with van der Waals surface area (Å²) in [5.74, 6) is 10.3. The normalized spacial score (nSPS) is 14.4. The summed E-state index contributed by atoms with van der Waals surface area (Å²) in [4.78, 5) is 0. The average Bonchev–Trinajstić information content (AvgIpc) is 1.85. The van der Waals surface area contributed by atoms with Crippen LogP contribution in [0.1, 0.15) is 5.56 Å². The third-order valence-electron chi connectivity index (χ3n) is 1.26. The molecule has 0 fully saturated rings. The van der Waals surface area contributed by atoms with Crippen molar-refractivity contribution < 1.29 is 29.6 Å². The first-order valence-corrected chi connectivity index (χ1v) is 6.35. The maximum absolute atomic E-state index is 5.70. The van der Waals surface area contributed by atoms with Gasteiger partial charge >= 0.3 is 29.6 Å². The smallest absolute Gasteiger partial charge is 0.474 e. The second-order valence-corrected chi connectivity index (χ2v) is 6.80. The third-order valence-corrected chi connectivity index (χ3v) is 2.48. The number of hydrogen-bond donors (Lipinski definition) is 1. The molecule has 1 aromatic rings. The Morgan fingerprint density at radius 3 is 2.25 bits per heavy atom. The van der Waals surface area contributed by atoms with Crippen LogP contribution in [-0.4, -0.2) is 11.7 Å². The molecular weight excluding hydrogens is 195 g/mol. The second-order valence-electron chi connectivity index (χ2n) is 2.53. The van der Waals surface area contributed by atoms with Gasteiger partial charge in [0.25, 0.3) is 0 Å². The minimum absolute atomic E-state index is 0. The predicted molar refractivity (Wildman–Crippen MR) is 59.9 cm³/mol. The molecule has 0 aliphatic heterocycles. The van der Waals surface area contributed by atoms with E-state index in [1.54, 1.807) is 0 Å². The van der Waals surface area contributed by atoms with Gasteiger partial charge in [-0.3, -0.25) is 0 Å². The van der Waals surface area contributed by atoms with E-state index in [0.29, 0.717) is 0 Å². The van der Waals surface area contributed by atoms with Gasteiger partial charge in [-0.25, -0.2) is 0 Å². The monoisotopic (exact) mass is 206 g/mol. The first kappa shape index (κ1) is 12.7. The van der Waals surface area contributed by atoms with E-state index >= 15 is 0 Å². The van der Waals surface area contributed by atoms with Crippen LogP contribution in [0.4, 0.5) is 0 Å². The fourth-order valence-corrected chi connectivity index (χ4v) is 2.08. The van der Waals surface area contributed by atoms with Crippen molar-refractivity contribution in [2.75, 3.05) is 0 Å². The summed E-state index contributed by atoms with van der Waals surface area (Å²) in [6.07, 6.45) is 0. The van der Waals surface area contributed by atoms with Gasteiger partial charge in [0.2, 0.25) is 0 Å². The van der Waals surface area contributed by atoms with E-state index in [1.165, 1.54) is 5.56 Å². The molecule has 3 heteroatoms. The van der Waals surface area contributed by atoms with Crippen molar-refractivity contribution in [2.45, 2.75) is 5.75 Å². The molecule has 0 heterocycles. The fourth-order valence-electron chi connectivity index (χ4n) is 0.863. The summed E-state index contributed by atoms with van der Waals surface area (Å²) in [5.41, 5.74) is 1.20. The number of hydrogen-bond acceptors (Lipinski definition) is 1. The van der Waals surface area contributed by atoms with Crippen LogP contribution < -0.4 is 29.6 Å². The Morgan fingerprint density at radius 2 is 1.83 bits per heavy atom. The molecule has 0 aliphatic carbocycles. The van der Waals surface area contributed by atoms with E-state index in [9.17, 15) is 0 Å². The first-order valence-electron chi connectivity index (χ1n) is 3.26. The van der Waals surface area contributed by atoms with Crippen LogP contribution in [0.5, 0.6) is 0 Å². The molecule has 0 aliphatic rings. The van der Waals surface area contributed by atoms with E-state index in [4.69, 9.17) is 5.87 Å². The van der Waals surface area contributed by atoms with E-state index < -0.39 is 8.24 Å². The molecule has 0 aromatic heterocycles. The van der Waals surface area contributed by atoms with Gasteiger partial charge in [0.1, 0.15) is 0 Å². The number of rotatable bonds is 2. The van der Waals surface area contributed by atoms with Gasteiger partial charge in [0.05, 0.1) is 0 Å². The zero-order valence-electron chi connectivity index (χ0n) is 7.23. The Labute approximate surface area is 102 Å². The molecule has 0 nitrogen and oxygen atoms in total. The van der Waals surface area contributed by atoms with Crippen molar-refractivity contribution in [3.63, 3.8) is 0 Å². The first-order chi connectivity index (χ1) is 5.08. The van der Waals surface area contributed by atoms with Gasteiger partial charge in [0.15, 0.2) is 0 Å². The quantitative estimate of drug-likeness (QED) is 0.219. The molecule has 0 saturated heterocycles. The Morgan fingerprint density at radius 1 is 1.33 bits per heavy atom. The van der Waals surface area contributed by atoms with Gasteiger partial charge in [0, 0.05) is 0 Å². The standard InChI is InChI=1S/C9H11S2.Na/c1-11(2,10)8-9-6-4-3-5-7-9;/h1,3-7,10H,2,8H2;/q-1;+1. The number of benzene rings is 1. The molecule has 1 unspecified atom stereocenters. The summed E-state index contributed by atoms with van der Waals surface area (Å²) in [6, 6.07) is 10.0. The SMILES string of the molecule is [CH-]=S(=C)(S)Cc1ccccc1.[Na+]. The maximum Gasteiger partial charge on any atom is 1.00 e. The van der Waals surface area contributed by atoms with Crippen molar-refractivity contribution in [2.24, 2.45) is 0 Å². The topological polar surface area (TPSA) is 0 Å². The fraction of sp³-hybridized carbons (Fsp3) is 0.111. The largest absolute Gasteiger partial charge is 1.00 e. The van der Waals surface area contributed by atoms with E-state index in [-0.39, 0.29) is 29.6 Å². The van der Waals surface area contributed by atoms with E-state index in [0.717, 1.165) is 5.75 Å². The van der Waals surface area contributed by atoms with Crippen molar-refractivity contribution in [1.29, 1.82) is 0 Å². The summed E-state index contributed by atoms with van der Waals surface area (Å²) in [7, 11) is -1.43. The molecule has 0 N–H and O–H groups in total. The molecule has 0 radical (unpaired) electrons. The minimum Gasteiger partial charge on any atom is -0.474 e. The average molecular weight is 206 g/mol. The molecule has 0 amide bonds. The molecule has 0 spiro atoms. The Balaban J connectivity index is 0.00000121. The van der Waals surface area contributed by atoms with Crippen LogP contribution in [0.2, 0.25) is 0 Å². The molecular formula is C9H11NaS2. The predicted octanol–water partition coefficient (Wildman–Crippen LogP) is -0.419. The Kier molecular flexibility index (Phi) is 5.70. The zero-order chi connectivity index (χ0) is 8.32. The van der Waals surface area contributed by atoms with Gasteiger partial charge in [-0.2, -0.15) is 11.7 Å². The van der Waals surface area contributed by atoms with E-state index in [2.05, 4.69) is 17.5 Å². The Hall–Kier alpha value is 0.660. The van der Waals surface area contributed by atoms with Gasteiger partial charge in [-0.15, -0.1) is 5.87 Å². The van der Waals surface area contributed by atoms with Crippen molar-refractivity contribution in [3.8, 4) is 0 Å². The molecule has 1 rings (SSSR count). The summed E-state index contributed by atoms with van der Waals surface area (Å²) < 4.78 is 0. The molecule has 0 saturated carbocycles. The van der Waals surface area contributed by atoms with Crippen LogP contribution in [0.3, 0.4) is 0 Å². The van der Waals surface area contributed by atoms with Crippen molar-refractivity contribution in [3.05, 3.63) is 35.9 Å². The van der Waals surface area contributed by atoms with Crippen LogP contribution in [-0.2, 0) is 5.75 Å².